The number of ether oxygens (including phenoxy) is 1. The van der Waals surface area contributed by atoms with Gasteiger partial charge in [-0.2, -0.15) is 0 Å². The van der Waals surface area contributed by atoms with E-state index in [-0.39, 0.29) is 0 Å². The van der Waals surface area contributed by atoms with Crippen LogP contribution in [0.25, 0.3) is 0 Å². The molecule has 0 aromatic heterocycles. The van der Waals surface area contributed by atoms with Crippen LogP contribution in [0.2, 0.25) is 0 Å². The Hall–Kier alpha value is -1.02. The van der Waals surface area contributed by atoms with E-state index in [4.69, 9.17) is 4.74 Å². The molecule has 0 amide bonds. The summed E-state index contributed by atoms with van der Waals surface area (Å²) in [6, 6.07) is 4.31. The van der Waals surface area contributed by atoms with Crippen LogP contribution in [0.15, 0.2) is 12.1 Å². The molecule has 0 heterocycles. The largest absolute Gasteiger partial charge is 0.496 e. The minimum absolute atomic E-state index is 0.436. The summed E-state index contributed by atoms with van der Waals surface area (Å²) in [4.78, 5) is 0. The highest BCUT2D eigenvalue weighted by Gasteiger charge is 2.41. The summed E-state index contributed by atoms with van der Waals surface area (Å²) in [6.45, 7) is 0. The first-order valence-electron chi connectivity index (χ1n) is 7.12. The van der Waals surface area contributed by atoms with Crippen molar-refractivity contribution >= 4 is 0 Å². The van der Waals surface area contributed by atoms with E-state index in [1.807, 2.05) is 0 Å². The molecule has 3 rings (SSSR count). The molecule has 1 N–H and O–H groups in total. The number of aliphatic hydroxyl groups is 1. The highest BCUT2D eigenvalue weighted by Crippen LogP contribution is 2.42. The minimum atomic E-state index is -0.436. The molecule has 0 unspecified atom stereocenters. The molecule has 0 radical (unpaired) electrons. The van der Waals surface area contributed by atoms with Crippen molar-refractivity contribution in [3.05, 3.63) is 28.8 Å². The summed E-state index contributed by atoms with van der Waals surface area (Å²) >= 11 is 0. The van der Waals surface area contributed by atoms with Gasteiger partial charge in [-0.05, 0) is 55.7 Å². The van der Waals surface area contributed by atoms with Gasteiger partial charge in [0, 0.05) is 12.0 Å². The Kier molecular flexibility index (Phi) is 3.06. The third kappa shape index (κ3) is 2.26. The van der Waals surface area contributed by atoms with Gasteiger partial charge in [0.05, 0.1) is 12.7 Å². The van der Waals surface area contributed by atoms with E-state index in [0.29, 0.717) is 0 Å². The third-order valence-corrected chi connectivity index (χ3v) is 4.41. The molecule has 2 heteroatoms. The molecule has 2 aliphatic rings. The van der Waals surface area contributed by atoms with E-state index in [0.717, 1.165) is 31.4 Å². The molecule has 1 aromatic rings. The molecule has 1 fully saturated rings. The number of methoxy groups -OCH3 is 1. The second kappa shape index (κ2) is 4.58. The predicted molar refractivity (Wildman–Crippen MR) is 72.1 cm³/mol. The molecule has 0 bridgehead atoms. The summed E-state index contributed by atoms with van der Waals surface area (Å²) in [5.74, 6) is 0.968. The number of aryl methyl sites for hydroxylation is 1. The standard InChI is InChI=1S/C16H22O2/c1-18-15-8-7-12-5-3-2-4-6-13(12)14(15)11-16(17)9-10-16/h7-8,17H,2-6,9-11H2,1H3. The first-order valence-corrected chi connectivity index (χ1v) is 7.12. The van der Waals surface area contributed by atoms with Crippen molar-refractivity contribution in [2.45, 2.75) is 57.0 Å². The minimum Gasteiger partial charge on any atom is -0.496 e. The average molecular weight is 246 g/mol. The Morgan fingerprint density at radius 1 is 1.17 bits per heavy atom. The number of hydrogen-bond acceptors (Lipinski definition) is 2. The Balaban J connectivity index is 2.01. The summed E-state index contributed by atoms with van der Waals surface area (Å²) in [5.41, 5.74) is 3.78. The molecular weight excluding hydrogens is 224 g/mol. The van der Waals surface area contributed by atoms with Crippen molar-refractivity contribution in [1.29, 1.82) is 0 Å². The van der Waals surface area contributed by atoms with Crippen LogP contribution in [0, 0.1) is 0 Å². The fourth-order valence-electron chi connectivity index (χ4n) is 3.09. The zero-order valence-corrected chi connectivity index (χ0v) is 11.2. The van der Waals surface area contributed by atoms with Crippen LogP contribution in [0.5, 0.6) is 5.75 Å². The van der Waals surface area contributed by atoms with Gasteiger partial charge in [0.1, 0.15) is 5.75 Å². The second-order valence-electron chi connectivity index (χ2n) is 5.85. The van der Waals surface area contributed by atoms with Gasteiger partial charge in [0.2, 0.25) is 0 Å². The highest BCUT2D eigenvalue weighted by atomic mass is 16.5. The molecule has 1 saturated carbocycles. The van der Waals surface area contributed by atoms with Crippen LogP contribution in [0.4, 0.5) is 0 Å². The van der Waals surface area contributed by atoms with Crippen LogP contribution < -0.4 is 4.74 Å². The van der Waals surface area contributed by atoms with E-state index in [2.05, 4.69) is 12.1 Å². The van der Waals surface area contributed by atoms with E-state index in [1.165, 1.54) is 42.4 Å². The van der Waals surface area contributed by atoms with Crippen molar-refractivity contribution in [2.24, 2.45) is 0 Å². The van der Waals surface area contributed by atoms with E-state index in [1.54, 1.807) is 7.11 Å². The molecule has 0 saturated heterocycles. The monoisotopic (exact) mass is 246 g/mol. The van der Waals surface area contributed by atoms with Crippen molar-refractivity contribution < 1.29 is 9.84 Å². The van der Waals surface area contributed by atoms with Gasteiger partial charge < -0.3 is 9.84 Å². The maximum absolute atomic E-state index is 10.2. The second-order valence-corrected chi connectivity index (χ2v) is 5.85. The fraction of sp³-hybridized carbons (Fsp3) is 0.625. The van der Waals surface area contributed by atoms with Crippen LogP contribution in [-0.4, -0.2) is 17.8 Å². The highest BCUT2D eigenvalue weighted by molar-refractivity contribution is 5.47. The van der Waals surface area contributed by atoms with E-state index in [9.17, 15) is 5.11 Å². The summed E-state index contributed by atoms with van der Waals surface area (Å²) < 4.78 is 5.51. The van der Waals surface area contributed by atoms with Gasteiger partial charge in [-0.15, -0.1) is 0 Å². The molecular formula is C16H22O2. The lowest BCUT2D eigenvalue weighted by molar-refractivity contribution is 0.149. The molecule has 1 aromatic carbocycles. The van der Waals surface area contributed by atoms with Crippen LogP contribution in [0.1, 0.15) is 48.8 Å². The first kappa shape index (κ1) is 12.0. The SMILES string of the molecule is COc1ccc2c(c1CC1(O)CC1)CCCCC2. The maximum Gasteiger partial charge on any atom is 0.122 e. The van der Waals surface area contributed by atoms with Crippen LogP contribution in [-0.2, 0) is 19.3 Å². The molecule has 0 aliphatic heterocycles. The lowest BCUT2D eigenvalue weighted by Crippen LogP contribution is -2.14. The Bertz CT molecular complexity index is 447. The van der Waals surface area contributed by atoms with Crippen molar-refractivity contribution in [1.82, 2.24) is 0 Å². The van der Waals surface area contributed by atoms with Crippen LogP contribution >= 0.6 is 0 Å². The molecule has 0 spiro atoms. The van der Waals surface area contributed by atoms with Gasteiger partial charge in [-0.3, -0.25) is 0 Å². The number of rotatable bonds is 3. The zero-order valence-electron chi connectivity index (χ0n) is 11.2. The lowest BCUT2D eigenvalue weighted by atomic mass is 9.92. The van der Waals surface area contributed by atoms with Gasteiger partial charge >= 0.3 is 0 Å². The number of benzene rings is 1. The summed E-state index contributed by atoms with van der Waals surface area (Å²) in [7, 11) is 1.73. The van der Waals surface area contributed by atoms with E-state index < -0.39 is 5.60 Å². The van der Waals surface area contributed by atoms with Crippen molar-refractivity contribution in [3.8, 4) is 5.75 Å². The van der Waals surface area contributed by atoms with Gasteiger partial charge in [0.15, 0.2) is 0 Å². The van der Waals surface area contributed by atoms with Gasteiger partial charge in [-0.1, -0.05) is 12.5 Å². The Labute approximate surface area is 109 Å². The predicted octanol–water partition coefficient (Wildman–Crippen LogP) is 3.03. The maximum atomic E-state index is 10.2. The Morgan fingerprint density at radius 3 is 2.67 bits per heavy atom. The van der Waals surface area contributed by atoms with Gasteiger partial charge in [-0.25, -0.2) is 0 Å². The quantitative estimate of drug-likeness (QED) is 0.831. The first-order chi connectivity index (χ1) is 8.72. The summed E-state index contributed by atoms with van der Waals surface area (Å²) in [5, 5.41) is 10.2. The third-order valence-electron chi connectivity index (χ3n) is 4.41. The van der Waals surface area contributed by atoms with Crippen molar-refractivity contribution in [2.75, 3.05) is 7.11 Å². The molecule has 98 valence electrons. The summed E-state index contributed by atoms with van der Waals surface area (Å²) in [6.07, 6.45) is 8.89. The van der Waals surface area contributed by atoms with Gasteiger partial charge in [0.25, 0.3) is 0 Å². The topological polar surface area (TPSA) is 29.5 Å². The normalized spacial score (nSPS) is 21.0. The van der Waals surface area contributed by atoms with Crippen LogP contribution in [0.3, 0.4) is 0 Å². The molecule has 2 aliphatic carbocycles. The average Bonchev–Trinajstić information content (AvgIpc) is 3.12. The van der Waals surface area contributed by atoms with Crippen molar-refractivity contribution in [3.63, 3.8) is 0 Å². The smallest absolute Gasteiger partial charge is 0.122 e. The van der Waals surface area contributed by atoms with E-state index >= 15 is 0 Å². The fourth-order valence-corrected chi connectivity index (χ4v) is 3.09. The zero-order chi connectivity index (χ0) is 12.6. The molecule has 0 atom stereocenters. The Morgan fingerprint density at radius 2 is 1.94 bits per heavy atom. The number of hydrogen-bond donors (Lipinski definition) is 1. The number of fused-ring (bicyclic) bond motifs is 1. The molecule has 18 heavy (non-hydrogen) atoms. The lowest BCUT2D eigenvalue weighted by Gasteiger charge is -2.18. The molecule has 2 nitrogen and oxygen atoms in total.